The van der Waals surface area contributed by atoms with Crippen molar-refractivity contribution in [3.05, 3.63) is 29.6 Å². The molecular weight excluding hydrogens is 185 g/mol. The van der Waals surface area contributed by atoms with Gasteiger partial charge in [0.2, 0.25) is 0 Å². The predicted octanol–water partition coefficient (Wildman–Crippen LogP) is 2.29. The third-order valence-electron chi connectivity index (χ3n) is 1.78. The fourth-order valence-electron chi connectivity index (χ4n) is 1.13. The molecule has 0 bridgehead atoms. The second-order valence-corrected chi connectivity index (χ2v) is 2.80. The number of hydrogen-bond donors (Lipinski definition) is 0. The molecule has 0 aliphatic heterocycles. The molecule has 0 saturated carbocycles. The molecular formula is C10H12FNO2. The maximum absolute atomic E-state index is 13.1. The van der Waals surface area contributed by atoms with E-state index in [-0.39, 0.29) is 12.2 Å². The van der Waals surface area contributed by atoms with E-state index in [0.717, 1.165) is 0 Å². The highest BCUT2D eigenvalue weighted by atomic mass is 19.1. The summed E-state index contributed by atoms with van der Waals surface area (Å²) in [5.41, 5.74) is 0.516. The van der Waals surface area contributed by atoms with Gasteiger partial charge < -0.3 is 4.74 Å². The van der Waals surface area contributed by atoms with Gasteiger partial charge in [-0.2, -0.15) is 0 Å². The first-order chi connectivity index (χ1) is 6.66. The monoisotopic (exact) mass is 197 g/mol. The molecule has 14 heavy (non-hydrogen) atoms. The van der Waals surface area contributed by atoms with Crippen molar-refractivity contribution in [3.8, 4) is 0 Å². The van der Waals surface area contributed by atoms with E-state index in [1.54, 1.807) is 6.92 Å². The molecule has 0 aliphatic rings. The fourth-order valence-corrected chi connectivity index (χ4v) is 1.13. The van der Waals surface area contributed by atoms with Crippen molar-refractivity contribution >= 4 is 5.97 Å². The van der Waals surface area contributed by atoms with Crippen molar-refractivity contribution in [1.29, 1.82) is 0 Å². The molecule has 0 radical (unpaired) electrons. The number of rotatable bonds is 3. The van der Waals surface area contributed by atoms with Crippen molar-refractivity contribution in [3.63, 3.8) is 0 Å². The third kappa shape index (κ3) is 2.28. The molecule has 1 unspecified atom stereocenters. The molecule has 76 valence electrons. The third-order valence-corrected chi connectivity index (χ3v) is 1.78. The average molecular weight is 197 g/mol. The molecule has 1 heterocycles. The highest BCUT2D eigenvalue weighted by Crippen LogP contribution is 2.20. The molecule has 1 aromatic rings. The molecule has 3 nitrogen and oxygen atoms in total. The van der Waals surface area contributed by atoms with E-state index in [9.17, 15) is 9.18 Å². The molecule has 0 fully saturated rings. The van der Waals surface area contributed by atoms with Crippen LogP contribution in [0.25, 0.3) is 0 Å². The maximum atomic E-state index is 13.1. The lowest BCUT2D eigenvalue weighted by atomic mass is 10.1. The Balaban J connectivity index is 3.00. The van der Waals surface area contributed by atoms with E-state index in [2.05, 4.69) is 4.98 Å². The summed E-state index contributed by atoms with van der Waals surface area (Å²) in [6, 6.07) is 1.48. The van der Waals surface area contributed by atoms with Crippen molar-refractivity contribution in [1.82, 2.24) is 4.98 Å². The Labute approximate surface area is 81.9 Å². The number of aromatic nitrogens is 1. The number of alkyl halides is 1. The van der Waals surface area contributed by atoms with E-state index >= 15 is 0 Å². The first kappa shape index (κ1) is 10.6. The van der Waals surface area contributed by atoms with E-state index in [1.165, 1.54) is 25.4 Å². The van der Waals surface area contributed by atoms with Gasteiger partial charge in [-0.25, -0.2) is 9.18 Å². The predicted molar refractivity (Wildman–Crippen MR) is 49.7 cm³/mol. The lowest BCUT2D eigenvalue weighted by molar-refractivity contribution is 0.0522. The van der Waals surface area contributed by atoms with Crippen LogP contribution in [-0.4, -0.2) is 17.6 Å². The van der Waals surface area contributed by atoms with Gasteiger partial charge in [0.1, 0.15) is 6.17 Å². The van der Waals surface area contributed by atoms with Gasteiger partial charge >= 0.3 is 5.97 Å². The van der Waals surface area contributed by atoms with Gasteiger partial charge in [-0.3, -0.25) is 4.98 Å². The standard InChI is InChI=1S/C10H12FNO2/c1-3-14-10(13)9-6-12-5-4-8(9)7(2)11/h4-7H,3H2,1-2H3. The topological polar surface area (TPSA) is 39.2 Å². The van der Waals surface area contributed by atoms with Crippen LogP contribution < -0.4 is 0 Å². The van der Waals surface area contributed by atoms with Gasteiger partial charge in [0.15, 0.2) is 0 Å². The Kier molecular flexibility index (Phi) is 3.56. The van der Waals surface area contributed by atoms with Crippen LogP contribution in [0.5, 0.6) is 0 Å². The SMILES string of the molecule is CCOC(=O)c1cnccc1C(C)F. The fraction of sp³-hybridized carbons (Fsp3) is 0.400. The molecule has 1 aromatic heterocycles. The minimum atomic E-state index is -1.20. The van der Waals surface area contributed by atoms with Gasteiger partial charge in [0.05, 0.1) is 12.2 Å². The Morgan fingerprint density at radius 1 is 1.71 bits per heavy atom. The maximum Gasteiger partial charge on any atom is 0.340 e. The smallest absolute Gasteiger partial charge is 0.340 e. The zero-order valence-corrected chi connectivity index (χ0v) is 8.16. The molecule has 0 aliphatic carbocycles. The average Bonchev–Trinajstić information content (AvgIpc) is 2.18. The summed E-state index contributed by atoms with van der Waals surface area (Å²) < 4.78 is 17.8. The van der Waals surface area contributed by atoms with E-state index < -0.39 is 12.1 Å². The molecule has 0 N–H and O–H groups in total. The van der Waals surface area contributed by atoms with Crippen LogP contribution in [0, 0.1) is 0 Å². The van der Waals surface area contributed by atoms with Crippen LogP contribution in [0.2, 0.25) is 0 Å². The Hall–Kier alpha value is -1.45. The number of hydrogen-bond acceptors (Lipinski definition) is 3. The molecule has 1 atom stereocenters. The molecule has 0 amide bonds. The molecule has 1 rings (SSSR count). The second-order valence-electron chi connectivity index (χ2n) is 2.80. The largest absolute Gasteiger partial charge is 0.462 e. The Morgan fingerprint density at radius 3 is 3.00 bits per heavy atom. The van der Waals surface area contributed by atoms with Crippen LogP contribution in [0.15, 0.2) is 18.5 Å². The van der Waals surface area contributed by atoms with Gasteiger partial charge in [0.25, 0.3) is 0 Å². The highest BCUT2D eigenvalue weighted by molar-refractivity contribution is 5.90. The summed E-state index contributed by atoms with van der Waals surface area (Å²) in [5.74, 6) is -0.528. The van der Waals surface area contributed by atoms with Crippen molar-refractivity contribution in [2.75, 3.05) is 6.61 Å². The van der Waals surface area contributed by atoms with Crippen molar-refractivity contribution < 1.29 is 13.9 Å². The first-order valence-corrected chi connectivity index (χ1v) is 4.42. The summed E-state index contributed by atoms with van der Waals surface area (Å²) in [4.78, 5) is 15.1. The number of carbonyl (C=O) groups excluding carboxylic acids is 1. The molecule has 4 heteroatoms. The van der Waals surface area contributed by atoms with E-state index in [4.69, 9.17) is 4.74 Å². The summed E-state index contributed by atoms with van der Waals surface area (Å²) in [5, 5.41) is 0. The number of esters is 1. The summed E-state index contributed by atoms with van der Waals surface area (Å²) in [6.07, 6.45) is 1.58. The summed E-state index contributed by atoms with van der Waals surface area (Å²) in [6.45, 7) is 3.35. The first-order valence-electron chi connectivity index (χ1n) is 4.42. The summed E-state index contributed by atoms with van der Waals surface area (Å²) in [7, 11) is 0. The lowest BCUT2D eigenvalue weighted by Crippen LogP contribution is -2.09. The van der Waals surface area contributed by atoms with Crippen molar-refractivity contribution in [2.45, 2.75) is 20.0 Å². The minimum absolute atomic E-state index is 0.198. The van der Waals surface area contributed by atoms with Crippen LogP contribution in [0.1, 0.15) is 35.9 Å². The zero-order valence-electron chi connectivity index (χ0n) is 8.16. The van der Waals surface area contributed by atoms with Gasteiger partial charge in [-0.15, -0.1) is 0 Å². The lowest BCUT2D eigenvalue weighted by Gasteiger charge is -2.08. The van der Waals surface area contributed by atoms with Gasteiger partial charge in [-0.05, 0) is 19.9 Å². The number of pyridine rings is 1. The Morgan fingerprint density at radius 2 is 2.43 bits per heavy atom. The normalized spacial score (nSPS) is 12.2. The Bertz CT molecular complexity index is 326. The molecule has 0 aromatic carbocycles. The number of ether oxygens (including phenoxy) is 1. The van der Waals surface area contributed by atoms with Crippen LogP contribution in [0.4, 0.5) is 4.39 Å². The molecule has 0 saturated heterocycles. The van der Waals surface area contributed by atoms with Gasteiger partial charge in [0, 0.05) is 18.0 Å². The number of nitrogens with zero attached hydrogens (tertiary/aromatic N) is 1. The van der Waals surface area contributed by atoms with Crippen LogP contribution in [-0.2, 0) is 4.74 Å². The minimum Gasteiger partial charge on any atom is -0.462 e. The van der Waals surface area contributed by atoms with Gasteiger partial charge in [-0.1, -0.05) is 0 Å². The summed E-state index contributed by atoms with van der Waals surface area (Å²) >= 11 is 0. The van der Waals surface area contributed by atoms with Crippen LogP contribution >= 0.6 is 0 Å². The van der Waals surface area contributed by atoms with Crippen molar-refractivity contribution in [2.24, 2.45) is 0 Å². The quantitative estimate of drug-likeness (QED) is 0.698. The van der Waals surface area contributed by atoms with E-state index in [0.29, 0.717) is 5.56 Å². The zero-order chi connectivity index (χ0) is 10.6. The van der Waals surface area contributed by atoms with Crippen LogP contribution in [0.3, 0.4) is 0 Å². The number of halogens is 1. The molecule has 0 spiro atoms. The van der Waals surface area contributed by atoms with E-state index in [1.807, 2.05) is 0 Å². The second kappa shape index (κ2) is 4.69. The number of carbonyl (C=O) groups is 1. The highest BCUT2D eigenvalue weighted by Gasteiger charge is 2.16.